The zero-order valence-corrected chi connectivity index (χ0v) is 10.0. The smallest absolute Gasteiger partial charge is 0.0452 e. The predicted molar refractivity (Wildman–Crippen MR) is 64.5 cm³/mol. The minimum atomic E-state index is 0.419. The summed E-state index contributed by atoms with van der Waals surface area (Å²) in [6.07, 6.45) is 1.11. The van der Waals surface area contributed by atoms with Gasteiger partial charge in [-0.05, 0) is 50.3 Å². The van der Waals surface area contributed by atoms with Gasteiger partial charge in [-0.1, -0.05) is 17.7 Å². The quantitative estimate of drug-likeness (QED) is 0.828. The minimum absolute atomic E-state index is 0.419. The van der Waals surface area contributed by atoms with E-state index in [1.807, 2.05) is 6.07 Å². The number of hydrogen-bond acceptors (Lipinski definition) is 2. The second-order valence-electron chi connectivity index (χ2n) is 4.36. The van der Waals surface area contributed by atoms with Crippen LogP contribution in [0.1, 0.15) is 17.2 Å². The summed E-state index contributed by atoms with van der Waals surface area (Å²) in [4.78, 5) is 2.20. The average Bonchev–Trinajstić information content (AvgIpc) is 2.18. The first-order valence-corrected chi connectivity index (χ1v) is 5.71. The molecular weight excluding hydrogens is 208 g/mol. The molecule has 1 aliphatic heterocycles. The van der Waals surface area contributed by atoms with Crippen LogP contribution in [0.5, 0.6) is 0 Å². The lowest BCUT2D eigenvalue weighted by atomic mass is 9.94. The van der Waals surface area contributed by atoms with Gasteiger partial charge < -0.3 is 10.2 Å². The van der Waals surface area contributed by atoms with E-state index in [0.29, 0.717) is 6.04 Å². The van der Waals surface area contributed by atoms with E-state index in [1.54, 1.807) is 0 Å². The van der Waals surface area contributed by atoms with E-state index in [-0.39, 0.29) is 0 Å². The third-order valence-corrected chi connectivity index (χ3v) is 3.05. The van der Waals surface area contributed by atoms with Gasteiger partial charge in [0.15, 0.2) is 0 Å². The fraction of sp³-hybridized carbons (Fsp3) is 0.500. The summed E-state index contributed by atoms with van der Waals surface area (Å²) in [5.74, 6) is 0. The average molecular weight is 225 g/mol. The summed E-state index contributed by atoms with van der Waals surface area (Å²) in [5.41, 5.74) is 2.80. The van der Waals surface area contributed by atoms with Crippen molar-refractivity contribution in [3.63, 3.8) is 0 Å². The van der Waals surface area contributed by atoms with Crippen LogP contribution in [-0.2, 0) is 6.42 Å². The third-order valence-electron chi connectivity index (χ3n) is 2.82. The number of benzene rings is 1. The van der Waals surface area contributed by atoms with E-state index in [9.17, 15) is 0 Å². The van der Waals surface area contributed by atoms with E-state index in [1.165, 1.54) is 11.1 Å². The van der Waals surface area contributed by atoms with Crippen LogP contribution in [0.2, 0.25) is 5.02 Å². The van der Waals surface area contributed by atoms with Crippen LogP contribution in [0.15, 0.2) is 18.2 Å². The lowest BCUT2D eigenvalue weighted by Gasteiger charge is -2.29. The first kappa shape index (κ1) is 10.9. The molecule has 1 heterocycles. The van der Waals surface area contributed by atoms with Gasteiger partial charge in [0.2, 0.25) is 0 Å². The number of halogens is 1. The van der Waals surface area contributed by atoms with Crippen molar-refractivity contribution in [1.29, 1.82) is 0 Å². The second-order valence-corrected chi connectivity index (χ2v) is 4.80. The molecule has 0 amide bonds. The van der Waals surface area contributed by atoms with Crippen molar-refractivity contribution in [3.8, 4) is 0 Å². The van der Waals surface area contributed by atoms with Crippen molar-refractivity contribution in [2.45, 2.75) is 12.5 Å². The van der Waals surface area contributed by atoms with Gasteiger partial charge in [0.25, 0.3) is 0 Å². The summed E-state index contributed by atoms with van der Waals surface area (Å²) in [7, 11) is 4.20. The molecule has 0 radical (unpaired) electrons. The molecule has 0 aliphatic carbocycles. The fourth-order valence-electron chi connectivity index (χ4n) is 2.14. The molecule has 15 heavy (non-hydrogen) atoms. The van der Waals surface area contributed by atoms with E-state index in [0.717, 1.165) is 24.5 Å². The molecule has 1 unspecified atom stereocenters. The maximum atomic E-state index is 6.04. The largest absolute Gasteiger partial charge is 0.309 e. The maximum Gasteiger partial charge on any atom is 0.0452 e. The van der Waals surface area contributed by atoms with Gasteiger partial charge in [-0.25, -0.2) is 0 Å². The highest BCUT2D eigenvalue weighted by molar-refractivity contribution is 6.30. The monoisotopic (exact) mass is 224 g/mol. The normalized spacial score (nSPS) is 20.4. The molecule has 3 heteroatoms. The molecule has 1 aromatic carbocycles. The van der Waals surface area contributed by atoms with E-state index >= 15 is 0 Å². The Hall–Kier alpha value is -0.570. The molecule has 0 saturated heterocycles. The van der Waals surface area contributed by atoms with Gasteiger partial charge in [-0.2, -0.15) is 0 Å². The zero-order chi connectivity index (χ0) is 10.8. The van der Waals surface area contributed by atoms with Crippen molar-refractivity contribution in [2.75, 3.05) is 27.2 Å². The van der Waals surface area contributed by atoms with Gasteiger partial charge in [-0.15, -0.1) is 0 Å². The summed E-state index contributed by atoms with van der Waals surface area (Å²) >= 11 is 6.04. The lowest BCUT2D eigenvalue weighted by molar-refractivity contribution is 0.334. The van der Waals surface area contributed by atoms with Gasteiger partial charge in [0.1, 0.15) is 0 Å². The van der Waals surface area contributed by atoms with Crippen molar-refractivity contribution >= 4 is 11.6 Å². The van der Waals surface area contributed by atoms with Crippen molar-refractivity contribution in [3.05, 3.63) is 34.3 Å². The zero-order valence-electron chi connectivity index (χ0n) is 9.26. The summed E-state index contributed by atoms with van der Waals surface area (Å²) in [5, 5.41) is 4.37. The Morgan fingerprint density at radius 1 is 1.47 bits per heavy atom. The summed E-state index contributed by atoms with van der Waals surface area (Å²) in [6.45, 7) is 2.08. The van der Waals surface area contributed by atoms with E-state index < -0.39 is 0 Å². The highest BCUT2D eigenvalue weighted by atomic mass is 35.5. The number of hydrogen-bond donors (Lipinski definition) is 1. The minimum Gasteiger partial charge on any atom is -0.309 e. The van der Waals surface area contributed by atoms with Crippen molar-refractivity contribution < 1.29 is 0 Å². The summed E-state index contributed by atoms with van der Waals surface area (Å²) in [6, 6.07) is 6.65. The Balaban J connectivity index is 2.28. The molecule has 2 nitrogen and oxygen atoms in total. The molecule has 1 aliphatic rings. The number of fused-ring (bicyclic) bond motifs is 1. The van der Waals surface area contributed by atoms with Crippen LogP contribution in [-0.4, -0.2) is 32.1 Å². The number of likely N-dealkylation sites (N-methyl/N-ethyl adjacent to an activating group) is 1. The molecule has 1 aromatic rings. The van der Waals surface area contributed by atoms with Gasteiger partial charge in [0.05, 0.1) is 0 Å². The Bertz CT molecular complexity index is 349. The Labute approximate surface area is 96.2 Å². The highest BCUT2D eigenvalue weighted by Crippen LogP contribution is 2.26. The lowest BCUT2D eigenvalue weighted by Crippen LogP contribution is -2.36. The van der Waals surface area contributed by atoms with Gasteiger partial charge in [-0.3, -0.25) is 0 Å². The molecule has 0 fully saturated rings. The number of nitrogens with one attached hydrogen (secondary N) is 1. The molecule has 0 spiro atoms. The van der Waals surface area contributed by atoms with Crippen LogP contribution in [0, 0.1) is 0 Å². The van der Waals surface area contributed by atoms with Crippen molar-refractivity contribution in [2.24, 2.45) is 0 Å². The van der Waals surface area contributed by atoms with Gasteiger partial charge in [0, 0.05) is 17.6 Å². The topological polar surface area (TPSA) is 15.3 Å². The SMILES string of the molecule is CN(C)CC1NCCc2ccc(Cl)cc21. The van der Waals surface area contributed by atoms with Crippen LogP contribution < -0.4 is 5.32 Å². The van der Waals surface area contributed by atoms with Crippen molar-refractivity contribution in [1.82, 2.24) is 10.2 Å². The summed E-state index contributed by atoms with van der Waals surface area (Å²) < 4.78 is 0. The van der Waals surface area contributed by atoms with E-state index in [4.69, 9.17) is 11.6 Å². The third kappa shape index (κ3) is 2.51. The molecule has 2 rings (SSSR count). The predicted octanol–water partition coefficient (Wildman–Crippen LogP) is 2.09. The van der Waals surface area contributed by atoms with Crippen LogP contribution in [0.25, 0.3) is 0 Å². The van der Waals surface area contributed by atoms with Crippen LogP contribution in [0.4, 0.5) is 0 Å². The molecule has 1 N–H and O–H groups in total. The first-order chi connectivity index (χ1) is 7.16. The molecule has 0 bridgehead atoms. The standard InChI is InChI=1S/C12H17ClN2/c1-15(2)8-12-11-7-10(13)4-3-9(11)5-6-14-12/h3-4,7,12,14H,5-6,8H2,1-2H3. The second kappa shape index (κ2) is 4.52. The van der Waals surface area contributed by atoms with Crippen LogP contribution in [0.3, 0.4) is 0 Å². The van der Waals surface area contributed by atoms with Crippen LogP contribution >= 0.6 is 11.6 Å². The Morgan fingerprint density at radius 3 is 3.00 bits per heavy atom. The molecule has 1 atom stereocenters. The number of rotatable bonds is 2. The Kier molecular flexibility index (Phi) is 3.29. The molecular formula is C12H17ClN2. The Morgan fingerprint density at radius 2 is 2.27 bits per heavy atom. The highest BCUT2D eigenvalue weighted by Gasteiger charge is 2.19. The first-order valence-electron chi connectivity index (χ1n) is 5.33. The number of nitrogens with zero attached hydrogens (tertiary/aromatic N) is 1. The fourth-order valence-corrected chi connectivity index (χ4v) is 2.32. The molecule has 0 saturated carbocycles. The molecule has 82 valence electrons. The molecule has 0 aromatic heterocycles. The maximum absolute atomic E-state index is 6.04. The van der Waals surface area contributed by atoms with E-state index in [2.05, 4.69) is 36.4 Å². The van der Waals surface area contributed by atoms with Gasteiger partial charge >= 0.3 is 0 Å².